The smallest absolute Gasteiger partial charge is 0.328 e. The third-order valence-corrected chi connectivity index (χ3v) is 4.56. The van der Waals surface area contributed by atoms with Crippen LogP contribution in [0.15, 0.2) is 16.8 Å². The van der Waals surface area contributed by atoms with Gasteiger partial charge >= 0.3 is 12.0 Å². The molecule has 1 aromatic heterocycles. The zero-order valence-electron chi connectivity index (χ0n) is 11.6. The number of hydrogen-bond donors (Lipinski definition) is 1. The summed E-state index contributed by atoms with van der Waals surface area (Å²) in [7, 11) is 0. The molecule has 1 saturated carbocycles. The highest BCUT2D eigenvalue weighted by Crippen LogP contribution is 2.30. The molecule has 2 amide bonds. The fourth-order valence-electron chi connectivity index (χ4n) is 2.52. The van der Waals surface area contributed by atoms with Crippen molar-refractivity contribution in [3.63, 3.8) is 0 Å². The van der Waals surface area contributed by atoms with Gasteiger partial charge in [0.05, 0.1) is 13.2 Å². The summed E-state index contributed by atoms with van der Waals surface area (Å²) in [5, 5.41) is 13.3. The molecule has 21 heavy (non-hydrogen) atoms. The Bertz CT molecular complexity index is 515. The van der Waals surface area contributed by atoms with Crippen molar-refractivity contribution < 1.29 is 19.4 Å². The summed E-state index contributed by atoms with van der Waals surface area (Å²) in [6.07, 6.45) is 2.00. The van der Waals surface area contributed by atoms with Crippen molar-refractivity contribution in [1.82, 2.24) is 9.80 Å². The highest BCUT2D eigenvalue weighted by Gasteiger charge is 2.40. The zero-order chi connectivity index (χ0) is 14.8. The van der Waals surface area contributed by atoms with Crippen LogP contribution in [0.3, 0.4) is 0 Å². The maximum atomic E-state index is 12.8. The van der Waals surface area contributed by atoms with E-state index in [1.54, 1.807) is 11.3 Å². The Balaban J connectivity index is 1.75. The molecular weight excluding hydrogens is 292 g/mol. The minimum atomic E-state index is -1.01. The van der Waals surface area contributed by atoms with Crippen LogP contribution in [0.2, 0.25) is 0 Å². The number of carbonyl (C=O) groups is 2. The first-order valence-corrected chi connectivity index (χ1v) is 8.00. The molecule has 1 saturated heterocycles. The van der Waals surface area contributed by atoms with E-state index in [2.05, 4.69) is 0 Å². The van der Waals surface area contributed by atoms with Crippen LogP contribution in [0.4, 0.5) is 4.79 Å². The minimum Gasteiger partial charge on any atom is -0.480 e. The Morgan fingerprint density at radius 3 is 2.90 bits per heavy atom. The van der Waals surface area contributed by atoms with E-state index in [1.165, 1.54) is 4.90 Å². The summed E-state index contributed by atoms with van der Waals surface area (Å²) in [4.78, 5) is 27.3. The number of hydrogen-bond acceptors (Lipinski definition) is 4. The van der Waals surface area contributed by atoms with Gasteiger partial charge < -0.3 is 19.6 Å². The van der Waals surface area contributed by atoms with Gasteiger partial charge in [0.2, 0.25) is 0 Å². The number of rotatable bonds is 4. The lowest BCUT2D eigenvalue weighted by atomic mass is 10.2. The van der Waals surface area contributed by atoms with Gasteiger partial charge in [-0.1, -0.05) is 0 Å². The fraction of sp³-hybridized carbons (Fsp3) is 0.571. The van der Waals surface area contributed by atoms with Gasteiger partial charge in [-0.3, -0.25) is 0 Å². The average molecular weight is 310 g/mol. The van der Waals surface area contributed by atoms with Crippen molar-refractivity contribution in [3.8, 4) is 0 Å². The second-order valence-electron chi connectivity index (χ2n) is 5.40. The van der Waals surface area contributed by atoms with E-state index in [1.807, 2.05) is 21.7 Å². The first-order chi connectivity index (χ1) is 10.2. The molecule has 3 rings (SSSR count). The van der Waals surface area contributed by atoms with Crippen molar-refractivity contribution in [2.24, 2.45) is 0 Å². The molecule has 0 bridgehead atoms. The number of thiophene rings is 1. The standard InChI is InChI=1S/C14H18N2O4S/c17-13(18)12-8-20-5-4-15(12)14(19)16(11-1-2-11)7-10-3-6-21-9-10/h3,6,9,11-12H,1-2,4-5,7-8H2,(H,17,18). The summed E-state index contributed by atoms with van der Waals surface area (Å²) in [6, 6.07) is 1.19. The Morgan fingerprint density at radius 1 is 1.48 bits per heavy atom. The summed E-state index contributed by atoms with van der Waals surface area (Å²) in [5.41, 5.74) is 1.10. The molecule has 1 aliphatic heterocycles. The van der Waals surface area contributed by atoms with Crippen LogP contribution in [0.25, 0.3) is 0 Å². The van der Waals surface area contributed by atoms with E-state index in [9.17, 15) is 14.7 Å². The van der Waals surface area contributed by atoms with Crippen LogP contribution in [0.5, 0.6) is 0 Å². The number of urea groups is 1. The SMILES string of the molecule is O=C(O)C1COCCN1C(=O)N(Cc1ccsc1)C1CC1. The maximum absolute atomic E-state index is 12.8. The monoisotopic (exact) mass is 310 g/mol. The van der Waals surface area contributed by atoms with Gasteiger partial charge in [-0.05, 0) is 35.2 Å². The fourth-order valence-corrected chi connectivity index (χ4v) is 3.18. The zero-order valence-corrected chi connectivity index (χ0v) is 12.4. The second-order valence-corrected chi connectivity index (χ2v) is 6.18. The molecule has 1 aliphatic carbocycles. The topological polar surface area (TPSA) is 70.1 Å². The van der Waals surface area contributed by atoms with Gasteiger partial charge in [0, 0.05) is 19.1 Å². The van der Waals surface area contributed by atoms with Crippen LogP contribution >= 0.6 is 11.3 Å². The van der Waals surface area contributed by atoms with Crippen molar-refractivity contribution >= 4 is 23.3 Å². The first-order valence-electron chi connectivity index (χ1n) is 7.05. The number of amides is 2. The van der Waals surface area contributed by atoms with Crippen molar-refractivity contribution in [3.05, 3.63) is 22.4 Å². The lowest BCUT2D eigenvalue weighted by Crippen LogP contribution is -2.56. The van der Waals surface area contributed by atoms with E-state index in [-0.39, 0.29) is 18.7 Å². The predicted molar refractivity (Wildman–Crippen MR) is 77.2 cm³/mol. The molecule has 1 unspecified atom stereocenters. The molecule has 2 heterocycles. The second kappa shape index (κ2) is 6.03. The van der Waals surface area contributed by atoms with Crippen LogP contribution in [0, 0.1) is 0 Å². The number of carbonyl (C=O) groups excluding carboxylic acids is 1. The Hall–Kier alpha value is -1.60. The lowest BCUT2D eigenvalue weighted by molar-refractivity contribution is -0.147. The molecule has 1 aromatic rings. The van der Waals surface area contributed by atoms with Crippen molar-refractivity contribution in [2.75, 3.05) is 19.8 Å². The normalized spacial score (nSPS) is 22.1. The van der Waals surface area contributed by atoms with Crippen LogP contribution < -0.4 is 0 Å². The summed E-state index contributed by atoms with van der Waals surface area (Å²) < 4.78 is 5.19. The highest BCUT2D eigenvalue weighted by molar-refractivity contribution is 7.07. The van der Waals surface area contributed by atoms with Crippen LogP contribution in [-0.4, -0.2) is 58.7 Å². The summed E-state index contributed by atoms with van der Waals surface area (Å²) in [6.45, 7) is 1.35. The molecule has 1 N–H and O–H groups in total. The van der Waals surface area contributed by atoms with E-state index in [0.29, 0.717) is 19.7 Å². The largest absolute Gasteiger partial charge is 0.480 e. The van der Waals surface area contributed by atoms with Gasteiger partial charge in [-0.15, -0.1) is 0 Å². The highest BCUT2D eigenvalue weighted by atomic mass is 32.1. The molecule has 0 radical (unpaired) electrons. The maximum Gasteiger partial charge on any atom is 0.328 e. The van der Waals surface area contributed by atoms with Crippen LogP contribution in [0.1, 0.15) is 18.4 Å². The molecule has 7 heteroatoms. The third kappa shape index (κ3) is 3.19. The summed E-state index contributed by atoms with van der Waals surface area (Å²) >= 11 is 1.60. The molecule has 2 fully saturated rings. The van der Waals surface area contributed by atoms with E-state index < -0.39 is 12.0 Å². The number of carboxylic acid groups (broad SMARTS) is 1. The number of ether oxygens (including phenoxy) is 1. The number of aliphatic carboxylic acids is 1. The molecular formula is C14H18N2O4S. The van der Waals surface area contributed by atoms with E-state index >= 15 is 0 Å². The Kier molecular flexibility index (Phi) is 4.12. The molecule has 114 valence electrons. The van der Waals surface area contributed by atoms with Crippen molar-refractivity contribution in [2.45, 2.75) is 31.5 Å². The van der Waals surface area contributed by atoms with Gasteiger partial charge in [0.15, 0.2) is 6.04 Å². The average Bonchev–Trinajstić information content (AvgIpc) is 3.20. The van der Waals surface area contributed by atoms with E-state index in [0.717, 1.165) is 18.4 Å². The van der Waals surface area contributed by atoms with E-state index in [4.69, 9.17) is 4.74 Å². The molecule has 2 aliphatic rings. The van der Waals surface area contributed by atoms with Crippen molar-refractivity contribution in [1.29, 1.82) is 0 Å². The number of nitrogens with zero attached hydrogens (tertiary/aromatic N) is 2. The lowest BCUT2D eigenvalue weighted by Gasteiger charge is -2.37. The van der Waals surface area contributed by atoms with Gasteiger partial charge in [-0.25, -0.2) is 9.59 Å². The molecule has 0 spiro atoms. The first kappa shape index (κ1) is 14.3. The summed E-state index contributed by atoms with van der Waals surface area (Å²) in [5.74, 6) is -1.01. The Morgan fingerprint density at radius 2 is 2.29 bits per heavy atom. The molecule has 6 nitrogen and oxygen atoms in total. The number of carboxylic acids is 1. The molecule has 1 atom stereocenters. The molecule has 0 aromatic carbocycles. The van der Waals surface area contributed by atoms with Gasteiger partial charge in [0.1, 0.15) is 0 Å². The van der Waals surface area contributed by atoms with Gasteiger partial charge in [0.25, 0.3) is 0 Å². The predicted octanol–water partition coefficient (Wildman–Crippen LogP) is 1.62. The Labute approximate surface area is 126 Å². The van der Waals surface area contributed by atoms with Crippen LogP contribution in [-0.2, 0) is 16.1 Å². The quantitative estimate of drug-likeness (QED) is 0.917. The minimum absolute atomic E-state index is 0.0675. The van der Waals surface area contributed by atoms with Gasteiger partial charge in [-0.2, -0.15) is 11.3 Å². The third-order valence-electron chi connectivity index (χ3n) is 3.83. The number of morpholine rings is 1.